The first kappa shape index (κ1) is 21.2. The highest BCUT2D eigenvalue weighted by Crippen LogP contribution is 2.35. The molecule has 29 heavy (non-hydrogen) atoms. The maximum absolute atomic E-state index is 14.2. The summed E-state index contributed by atoms with van der Waals surface area (Å²) in [6, 6.07) is 9.11. The van der Waals surface area contributed by atoms with Crippen molar-refractivity contribution in [3.05, 3.63) is 56.9 Å². The van der Waals surface area contributed by atoms with Gasteiger partial charge in [-0.15, -0.1) is 0 Å². The summed E-state index contributed by atoms with van der Waals surface area (Å²) >= 11 is 7.17. The van der Waals surface area contributed by atoms with Gasteiger partial charge >= 0.3 is 0 Å². The summed E-state index contributed by atoms with van der Waals surface area (Å²) in [7, 11) is 1.50. The zero-order valence-electron chi connectivity index (χ0n) is 15.5. The molecule has 0 spiro atoms. The molecule has 150 valence electrons. The number of hydrogen-bond acceptors (Lipinski definition) is 5. The first-order valence-corrected chi connectivity index (χ1v) is 10.0. The van der Waals surface area contributed by atoms with Gasteiger partial charge in [-0.05, 0) is 77.6 Å². The summed E-state index contributed by atoms with van der Waals surface area (Å²) in [6.07, 6.45) is 1.41. The van der Waals surface area contributed by atoms with E-state index in [1.54, 1.807) is 18.2 Å². The molecule has 1 heterocycles. The SMILES string of the molecule is CCOc1c(I)cc(/C=C2/C(=O)NC(=S)N(c3ccccc3F)C2=O)cc1OC. The van der Waals surface area contributed by atoms with E-state index in [0.717, 1.165) is 8.47 Å². The minimum atomic E-state index is -0.716. The smallest absolute Gasteiger partial charge is 0.270 e. The fourth-order valence-corrected chi connectivity index (χ4v) is 3.84. The van der Waals surface area contributed by atoms with Crippen LogP contribution in [0.4, 0.5) is 10.1 Å². The molecule has 1 fully saturated rings. The highest BCUT2D eigenvalue weighted by Gasteiger charge is 2.35. The van der Waals surface area contributed by atoms with Crippen LogP contribution in [0.15, 0.2) is 42.0 Å². The van der Waals surface area contributed by atoms with Gasteiger partial charge in [-0.2, -0.15) is 0 Å². The molecule has 6 nitrogen and oxygen atoms in total. The summed E-state index contributed by atoms with van der Waals surface area (Å²) in [6.45, 7) is 2.32. The van der Waals surface area contributed by atoms with Crippen molar-refractivity contribution in [2.45, 2.75) is 6.92 Å². The van der Waals surface area contributed by atoms with Gasteiger partial charge in [0.1, 0.15) is 11.4 Å². The summed E-state index contributed by atoms with van der Waals surface area (Å²) in [5.41, 5.74) is 0.339. The summed E-state index contributed by atoms with van der Waals surface area (Å²) in [5.74, 6) is -0.958. The molecule has 2 amide bonds. The number of halogens is 2. The molecule has 1 aliphatic heterocycles. The molecular formula is C20H16FIN2O4S. The predicted molar refractivity (Wildman–Crippen MR) is 119 cm³/mol. The summed E-state index contributed by atoms with van der Waals surface area (Å²) in [4.78, 5) is 26.4. The number of carbonyl (C=O) groups excluding carboxylic acids is 2. The van der Waals surface area contributed by atoms with Crippen molar-refractivity contribution in [2.75, 3.05) is 18.6 Å². The van der Waals surface area contributed by atoms with E-state index in [2.05, 4.69) is 27.9 Å². The van der Waals surface area contributed by atoms with Crippen molar-refractivity contribution in [3.8, 4) is 11.5 Å². The van der Waals surface area contributed by atoms with Gasteiger partial charge in [-0.3, -0.25) is 14.9 Å². The van der Waals surface area contributed by atoms with Crippen molar-refractivity contribution in [2.24, 2.45) is 0 Å². The Morgan fingerprint density at radius 3 is 2.66 bits per heavy atom. The number of nitrogens with zero attached hydrogens (tertiary/aromatic N) is 1. The van der Waals surface area contributed by atoms with Crippen LogP contribution < -0.4 is 19.7 Å². The van der Waals surface area contributed by atoms with Crippen molar-refractivity contribution in [3.63, 3.8) is 0 Å². The van der Waals surface area contributed by atoms with Gasteiger partial charge in [0, 0.05) is 0 Å². The molecule has 0 bridgehead atoms. The van der Waals surface area contributed by atoms with Gasteiger partial charge in [-0.1, -0.05) is 12.1 Å². The second-order valence-electron chi connectivity index (χ2n) is 5.88. The molecule has 0 saturated carbocycles. The van der Waals surface area contributed by atoms with E-state index in [1.807, 2.05) is 6.92 Å². The number of rotatable bonds is 5. The van der Waals surface area contributed by atoms with Crippen molar-refractivity contribution < 1.29 is 23.5 Å². The maximum atomic E-state index is 14.2. The van der Waals surface area contributed by atoms with Gasteiger partial charge < -0.3 is 9.47 Å². The summed E-state index contributed by atoms with van der Waals surface area (Å²) < 4.78 is 25.9. The maximum Gasteiger partial charge on any atom is 0.270 e. The van der Waals surface area contributed by atoms with Gasteiger partial charge in [-0.25, -0.2) is 9.29 Å². The number of anilines is 1. The molecule has 2 aromatic rings. The van der Waals surface area contributed by atoms with Crippen LogP contribution in [0.25, 0.3) is 6.08 Å². The number of nitrogens with one attached hydrogen (secondary N) is 1. The zero-order chi connectivity index (χ0) is 21.1. The number of benzene rings is 2. The van der Waals surface area contributed by atoms with E-state index in [0.29, 0.717) is 23.7 Å². The number of methoxy groups -OCH3 is 1. The average molecular weight is 526 g/mol. The molecule has 0 aromatic heterocycles. The Hall–Kier alpha value is -2.53. The van der Waals surface area contributed by atoms with Crippen LogP contribution in [0, 0.1) is 9.39 Å². The fourth-order valence-electron chi connectivity index (χ4n) is 2.78. The number of carbonyl (C=O) groups is 2. The Kier molecular flexibility index (Phi) is 6.48. The standard InChI is InChI=1S/C20H16FIN2O4S/c1-3-28-17-14(22)9-11(10-16(17)27-2)8-12-18(25)23-20(29)24(19(12)26)15-7-5-4-6-13(15)21/h4-10H,3H2,1-2H3,(H,23,25,29)/b12-8-. The number of para-hydroxylation sites is 1. The third kappa shape index (κ3) is 4.25. The monoisotopic (exact) mass is 526 g/mol. The lowest BCUT2D eigenvalue weighted by Gasteiger charge is -2.29. The second kappa shape index (κ2) is 8.87. The molecule has 0 unspecified atom stereocenters. The topological polar surface area (TPSA) is 67.9 Å². The molecule has 0 aliphatic carbocycles. The lowest BCUT2D eigenvalue weighted by atomic mass is 10.1. The fraction of sp³-hybridized carbons (Fsp3) is 0.150. The molecule has 1 N–H and O–H groups in total. The van der Waals surface area contributed by atoms with Gasteiger partial charge in [0.15, 0.2) is 16.6 Å². The second-order valence-corrected chi connectivity index (χ2v) is 7.43. The highest BCUT2D eigenvalue weighted by molar-refractivity contribution is 14.1. The normalized spacial score (nSPS) is 15.5. The van der Waals surface area contributed by atoms with E-state index in [-0.39, 0.29) is 16.4 Å². The number of ether oxygens (including phenoxy) is 2. The lowest BCUT2D eigenvalue weighted by Crippen LogP contribution is -2.54. The van der Waals surface area contributed by atoms with E-state index < -0.39 is 17.6 Å². The minimum absolute atomic E-state index is 0.0349. The minimum Gasteiger partial charge on any atom is -0.493 e. The van der Waals surface area contributed by atoms with Crippen LogP contribution >= 0.6 is 34.8 Å². The lowest BCUT2D eigenvalue weighted by molar-refractivity contribution is -0.122. The largest absolute Gasteiger partial charge is 0.493 e. The molecule has 1 aliphatic rings. The van der Waals surface area contributed by atoms with E-state index in [1.165, 1.54) is 31.4 Å². The third-order valence-corrected chi connectivity index (χ3v) is 5.13. The van der Waals surface area contributed by atoms with Crippen molar-refractivity contribution in [1.82, 2.24) is 5.32 Å². The molecule has 9 heteroatoms. The highest BCUT2D eigenvalue weighted by atomic mass is 127. The first-order valence-electron chi connectivity index (χ1n) is 8.53. The van der Waals surface area contributed by atoms with Gasteiger partial charge in [0.25, 0.3) is 11.8 Å². The number of thiocarbonyl (C=S) groups is 1. The van der Waals surface area contributed by atoms with Crippen LogP contribution in [-0.2, 0) is 9.59 Å². The van der Waals surface area contributed by atoms with Crippen LogP contribution in [0.5, 0.6) is 11.5 Å². The Balaban J connectivity index is 2.05. The number of amides is 2. The Labute approximate surface area is 185 Å². The first-order chi connectivity index (χ1) is 13.9. The van der Waals surface area contributed by atoms with E-state index >= 15 is 0 Å². The van der Waals surface area contributed by atoms with E-state index in [4.69, 9.17) is 21.7 Å². The van der Waals surface area contributed by atoms with E-state index in [9.17, 15) is 14.0 Å². The average Bonchev–Trinajstić information content (AvgIpc) is 2.68. The Morgan fingerprint density at radius 2 is 2.00 bits per heavy atom. The molecule has 0 atom stereocenters. The quantitative estimate of drug-likeness (QED) is 0.279. The Morgan fingerprint density at radius 1 is 1.28 bits per heavy atom. The summed E-state index contributed by atoms with van der Waals surface area (Å²) in [5, 5.41) is 2.26. The molecule has 1 saturated heterocycles. The molecule has 0 radical (unpaired) electrons. The van der Waals surface area contributed by atoms with Crippen LogP contribution in [0.2, 0.25) is 0 Å². The third-order valence-electron chi connectivity index (χ3n) is 4.05. The van der Waals surface area contributed by atoms with Crippen molar-refractivity contribution >= 4 is 63.5 Å². The zero-order valence-corrected chi connectivity index (χ0v) is 18.5. The van der Waals surface area contributed by atoms with Gasteiger partial charge in [0.05, 0.1) is 23.0 Å². The molecule has 3 rings (SSSR count). The predicted octanol–water partition coefficient (Wildman–Crippen LogP) is 3.67. The van der Waals surface area contributed by atoms with Crippen LogP contribution in [0.3, 0.4) is 0 Å². The van der Waals surface area contributed by atoms with Crippen LogP contribution in [0.1, 0.15) is 12.5 Å². The number of hydrogen-bond donors (Lipinski definition) is 1. The van der Waals surface area contributed by atoms with Crippen molar-refractivity contribution in [1.29, 1.82) is 0 Å². The Bertz CT molecular complexity index is 1040. The molecule has 2 aromatic carbocycles. The van der Waals surface area contributed by atoms with Gasteiger partial charge in [0.2, 0.25) is 0 Å². The molecular weight excluding hydrogens is 510 g/mol. The van der Waals surface area contributed by atoms with Crippen LogP contribution in [-0.4, -0.2) is 30.6 Å².